The van der Waals surface area contributed by atoms with Gasteiger partial charge in [0, 0.05) is 0 Å². The molecule has 0 saturated heterocycles. The minimum absolute atomic E-state index is 0.413. The van der Waals surface area contributed by atoms with E-state index in [0.29, 0.717) is 0 Å². The van der Waals surface area contributed by atoms with Gasteiger partial charge in [0.25, 0.3) is 0 Å². The Morgan fingerprint density at radius 2 is 1.94 bits per heavy atom. The number of ether oxygens (including phenoxy) is 1. The fraction of sp³-hybridized carbons (Fsp3) is 0.600. The zero-order valence-electron chi connectivity index (χ0n) is 11.4. The summed E-state index contributed by atoms with van der Waals surface area (Å²) in [5.74, 6) is 1.66. The molecule has 0 aliphatic carbocycles. The quantitative estimate of drug-likeness (QED) is 0.760. The summed E-state index contributed by atoms with van der Waals surface area (Å²) < 4.78 is 5.74. The fourth-order valence-corrected chi connectivity index (χ4v) is 1.77. The average Bonchev–Trinajstić information content (AvgIpc) is 2.25. The number of rotatable bonds is 6. The fourth-order valence-electron chi connectivity index (χ4n) is 1.77. The molecule has 0 fully saturated rings. The second-order valence-electron chi connectivity index (χ2n) is 5.09. The smallest absolute Gasteiger partial charge is 0.122 e. The van der Waals surface area contributed by atoms with Gasteiger partial charge in [0.15, 0.2) is 0 Å². The van der Waals surface area contributed by atoms with Crippen LogP contribution in [0.4, 0.5) is 0 Å². The Hall–Kier alpha value is -1.02. The number of aliphatic hydroxyl groups excluding tert-OH is 1. The van der Waals surface area contributed by atoms with Crippen LogP contribution < -0.4 is 4.74 Å². The van der Waals surface area contributed by atoms with Crippen molar-refractivity contribution in [1.82, 2.24) is 0 Å². The van der Waals surface area contributed by atoms with E-state index in [0.717, 1.165) is 35.8 Å². The summed E-state index contributed by atoms with van der Waals surface area (Å²) in [6.07, 6.45) is 1.88. The molecule has 0 radical (unpaired) electrons. The topological polar surface area (TPSA) is 29.5 Å². The molecule has 96 valence electrons. The summed E-state index contributed by atoms with van der Waals surface area (Å²) in [6, 6.07) is 5.87. The third-order valence-corrected chi connectivity index (χ3v) is 2.86. The molecule has 1 aromatic rings. The van der Waals surface area contributed by atoms with Crippen LogP contribution >= 0.6 is 0 Å². The second-order valence-corrected chi connectivity index (χ2v) is 5.09. The van der Waals surface area contributed by atoms with E-state index < -0.39 is 6.10 Å². The summed E-state index contributed by atoms with van der Waals surface area (Å²) in [5.41, 5.74) is 2.03. The maximum atomic E-state index is 9.47. The van der Waals surface area contributed by atoms with Gasteiger partial charge in [-0.25, -0.2) is 0 Å². The van der Waals surface area contributed by atoms with Gasteiger partial charge in [0.2, 0.25) is 0 Å². The molecule has 1 N–H and O–H groups in total. The Kier molecular flexibility index (Phi) is 5.49. The highest BCUT2D eigenvalue weighted by atomic mass is 16.5. The first-order valence-electron chi connectivity index (χ1n) is 6.42. The van der Waals surface area contributed by atoms with Crippen LogP contribution in [0.1, 0.15) is 50.8 Å². The van der Waals surface area contributed by atoms with E-state index in [2.05, 4.69) is 13.8 Å². The van der Waals surface area contributed by atoms with Crippen molar-refractivity contribution in [1.29, 1.82) is 0 Å². The van der Waals surface area contributed by atoms with Gasteiger partial charge in [-0.15, -0.1) is 0 Å². The van der Waals surface area contributed by atoms with Crippen LogP contribution in [0.3, 0.4) is 0 Å². The molecule has 2 nitrogen and oxygen atoms in total. The molecular formula is C15H24O2. The predicted octanol–water partition coefficient (Wildman–Crippen LogP) is 3.86. The summed E-state index contributed by atoms with van der Waals surface area (Å²) in [7, 11) is 0. The third-order valence-electron chi connectivity index (χ3n) is 2.86. The van der Waals surface area contributed by atoms with Gasteiger partial charge < -0.3 is 9.84 Å². The first-order valence-corrected chi connectivity index (χ1v) is 6.42. The minimum Gasteiger partial charge on any atom is -0.493 e. The van der Waals surface area contributed by atoms with Gasteiger partial charge in [-0.3, -0.25) is 0 Å². The molecule has 0 unspecified atom stereocenters. The number of hydrogen-bond acceptors (Lipinski definition) is 2. The summed E-state index contributed by atoms with van der Waals surface area (Å²) >= 11 is 0. The highest BCUT2D eigenvalue weighted by Gasteiger charge is 2.05. The Morgan fingerprint density at radius 3 is 2.47 bits per heavy atom. The lowest BCUT2D eigenvalue weighted by Gasteiger charge is -2.12. The van der Waals surface area contributed by atoms with Crippen molar-refractivity contribution in [2.45, 2.75) is 46.6 Å². The molecule has 0 saturated carbocycles. The van der Waals surface area contributed by atoms with E-state index in [1.807, 2.05) is 25.1 Å². The monoisotopic (exact) mass is 236 g/mol. The summed E-state index contributed by atoms with van der Waals surface area (Å²) in [4.78, 5) is 0. The Labute approximate surface area is 105 Å². The van der Waals surface area contributed by atoms with Crippen molar-refractivity contribution in [3.8, 4) is 5.75 Å². The largest absolute Gasteiger partial charge is 0.493 e. The van der Waals surface area contributed by atoms with E-state index in [-0.39, 0.29) is 0 Å². The highest BCUT2D eigenvalue weighted by Crippen LogP contribution is 2.22. The molecule has 1 rings (SSSR count). The van der Waals surface area contributed by atoms with Crippen molar-refractivity contribution < 1.29 is 9.84 Å². The Bertz CT molecular complexity index is 343. The van der Waals surface area contributed by atoms with Crippen LogP contribution in [0.5, 0.6) is 5.75 Å². The van der Waals surface area contributed by atoms with E-state index in [1.54, 1.807) is 6.92 Å². The van der Waals surface area contributed by atoms with Crippen LogP contribution in [0.2, 0.25) is 0 Å². The SMILES string of the molecule is Cc1cc([C@@H](C)O)ccc1OCCCC(C)C. The molecule has 0 aromatic heterocycles. The van der Waals surface area contributed by atoms with Crippen molar-refractivity contribution >= 4 is 0 Å². The molecule has 2 heteroatoms. The highest BCUT2D eigenvalue weighted by molar-refractivity contribution is 5.36. The van der Waals surface area contributed by atoms with Crippen molar-refractivity contribution in [2.24, 2.45) is 5.92 Å². The van der Waals surface area contributed by atoms with Gasteiger partial charge in [0.05, 0.1) is 12.7 Å². The van der Waals surface area contributed by atoms with Crippen LogP contribution in [-0.2, 0) is 0 Å². The van der Waals surface area contributed by atoms with Gasteiger partial charge in [0.1, 0.15) is 5.75 Å². The standard InChI is InChI=1S/C15H24O2/c1-11(2)6-5-9-17-15-8-7-14(13(4)16)10-12(15)3/h7-8,10-11,13,16H,5-6,9H2,1-4H3/t13-/m1/s1. The van der Waals surface area contributed by atoms with Crippen molar-refractivity contribution in [2.75, 3.05) is 6.61 Å². The normalized spacial score (nSPS) is 12.8. The molecule has 1 atom stereocenters. The number of benzene rings is 1. The van der Waals surface area contributed by atoms with Crippen LogP contribution in [0.25, 0.3) is 0 Å². The van der Waals surface area contributed by atoms with Crippen LogP contribution in [-0.4, -0.2) is 11.7 Å². The van der Waals surface area contributed by atoms with Crippen LogP contribution in [0.15, 0.2) is 18.2 Å². The lowest BCUT2D eigenvalue weighted by Crippen LogP contribution is -2.01. The molecule has 0 amide bonds. The first-order chi connectivity index (χ1) is 8.00. The Morgan fingerprint density at radius 1 is 1.24 bits per heavy atom. The zero-order chi connectivity index (χ0) is 12.8. The average molecular weight is 236 g/mol. The number of hydrogen-bond donors (Lipinski definition) is 1. The first kappa shape index (κ1) is 14.0. The predicted molar refractivity (Wildman–Crippen MR) is 71.4 cm³/mol. The second kappa shape index (κ2) is 6.65. The molecule has 17 heavy (non-hydrogen) atoms. The van der Waals surface area contributed by atoms with Gasteiger partial charge in [-0.1, -0.05) is 19.9 Å². The number of aryl methyl sites for hydroxylation is 1. The lowest BCUT2D eigenvalue weighted by atomic mass is 10.1. The van der Waals surface area contributed by atoms with E-state index in [4.69, 9.17) is 4.74 Å². The van der Waals surface area contributed by atoms with E-state index in [9.17, 15) is 5.11 Å². The minimum atomic E-state index is -0.413. The van der Waals surface area contributed by atoms with Gasteiger partial charge >= 0.3 is 0 Å². The molecular weight excluding hydrogens is 212 g/mol. The molecule has 0 bridgehead atoms. The maximum Gasteiger partial charge on any atom is 0.122 e. The lowest BCUT2D eigenvalue weighted by molar-refractivity contribution is 0.199. The van der Waals surface area contributed by atoms with Gasteiger partial charge in [-0.2, -0.15) is 0 Å². The molecule has 0 heterocycles. The van der Waals surface area contributed by atoms with E-state index in [1.165, 1.54) is 6.42 Å². The zero-order valence-corrected chi connectivity index (χ0v) is 11.4. The van der Waals surface area contributed by atoms with Crippen molar-refractivity contribution in [3.63, 3.8) is 0 Å². The van der Waals surface area contributed by atoms with Gasteiger partial charge in [-0.05, 0) is 55.9 Å². The Balaban J connectivity index is 2.49. The summed E-state index contributed by atoms with van der Waals surface area (Å²) in [6.45, 7) is 9.01. The molecule has 0 aliphatic rings. The number of aliphatic hydroxyl groups is 1. The van der Waals surface area contributed by atoms with E-state index >= 15 is 0 Å². The molecule has 0 spiro atoms. The summed E-state index contributed by atoms with van der Waals surface area (Å²) in [5, 5.41) is 9.47. The molecule has 0 aliphatic heterocycles. The molecule has 1 aromatic carbocycles. The van der Waals surface area contributed by atoms with Crippen molar-refractivity contribution in [3.05, 3.63) is 29.3 Å². The third kappa shape index (κ3) is 4.78. The van der Waals surface area contributed by atoms with Crippen LogP contribution in [0, 0.1) is 12.8 Å². The maximum absolute atomic E-state index is 9.47.